The zero-order valence-corrected chi connectivity index (χ0v) is 21.4. The molecule has 0 radical (unpaired) electrons. The van der Waals surface area contributed by atoms with Gasteiger partial charge >= 0.3 is 12.1 Å². The van der Waals surface area contributed by atoms with Crippen LogP contribution in [0.4, 0.5) is 9.59 Å². The van der Waals surface area contributed by atoms with Crippen molar-refractivity contribution in [2.75, 3.05) is 39.4 Å². The second-order valence-corrected chi connectivity index (χ2v) is 10.4. The Labute approximate surface area is 213 Å². The van der Waals surface area contributed by atoms with Crippen LogP contribution in [0.1, 0.15) is 44.2 Å². The molecular weight excluding hydrogens is 458 g/mol. The number of carbonyl (C=O) groups is 2. The maximum Gasteiger partial charge on any atom is 0.407 e. The predicted octanol–water partition coefficient (Wildman–Crippen LogP) is 4.40. The van der Waals surface area contributed by atoms with Crippen molar-refractivity contribution in [3.05, 3.63) is 65.7 Å². The number of likely N-dealkylation sites (tertiary alicyclic amines) is 1. The van der Waals surface area contributed by atoms with Crippen LogP contribution in [0.2, 0.25) is 0 Å². The van der Waals surface area contributed by atoms with Gasteiger partial charge in [-0.3, -0.25) is 0 Å². The molecule has 2 atom stereocenters. The van der Waals surface area contributed by atoms with Gasteiger partial charge in [0.15, 0.2) is 0 Å². The number of hydrogen-bond acceptors (Lipinski definition) is 5. The molecule has 8 heteroatoms. The van der Waals surface area contributed by atoms with Crippen molar-refractivity contribution >= 4 is 12.1 Å². The highest BCUT2D eigenvalue weighted by Gasteiger charge is 2.34. The first-order valence-electron chi connectivity index (χ1n) is 12.7. The maximum absolute atomic E-state index is 13.3. The monoisotopic (exact) mass is 495 g/mol. The van der Waals surface area contributed by atoms with Crippen LogP contribution in [0, 0.1) is 0 Å². The normalized spacial score (nSPS) is 20.5. The van der Waals surface area contributed by atoms with Gasteiger partial charge in [-0.15, -0.1) is 0 Å². The van der Waals surface area contributed by atoms with E-state index in [1.165, 1.54) is 5.56 Å². The zero-order valence-electron chi connectivity index (χ0n) is 21.4. The molecule has 4 rings (SSSR count). The molecular formula is C28H37N3O5. The van der Waals surface area contributed by atoms with Crippen LogP contribution in [-0.4, -0.2) is 73.0 Å². The molecule has 2 aromatic carbocycles. The molecule has 2 aliphatic heterocycles. The number of hydrogen-bond donors (Lipinski definition) is 1. The van der Waals surface area contributed by atoms with Crippen molar-refractivity contribution < 1.29 is 23.8 Å². The number of benzene rings is 2. The third-order valence-corrected chi connectivity index (χ3v) is 6.27. The lowest BCUT2D eigenvalue weighted by Crippen LogP contribution is -2.54. The molecule has 0 aromatic heterocycles. The van der Waals surface area contributed by atoms with E-state index < -0.39 is 11.7 Å². The van der Waals surface area contributed by atoms with E-state index in [0.29, 0.717) is 45.9 Å². The molecule has 194 valence electrons. The Hall–Kier alpha value is -3.26. The van der Waals surface area contributed by atoms with Gasteiger partial charge in [-0.05, 0) is 50.5 Å². The van der Waals surface area contributed by atoms with Crippen LogP contribution in [0.25, 0.3) is 0 Å². The molecule has 2 saturated heterocycles. The number of piperidine rings is 1. The van der Waals surface area contributed by atoms with E-state index in [-0.39, 0.29) is 18.1 Å². The molecule has 2 aliphatic rings. The summed E-state index contributed by atoms with van der Waals surface area (Å²) in [5.41, 5.74) is 1.58. The fraction of sp³-hybridized carbons (Fsp3) is 0.500. The van der Waals surface area contributed by atoms with Gasteiger partial charge in [0.25, 0.3) is 0 Å². The third kappa shape index (κ3) is 7.37. The summed E-state index contributed by atoms with van der Waals surface area (Å²) in [5.74, 6) is 0.905. The van der Waals surface area contributed by atoms with Crippen LogP contribution < -0.4 is 10.1 Å². The molecule has 0 saturated carbocycles. The van der Waals surface area contributed by atoms with E-state index in [9.17, 15) is 9.59 Å². The number of rotatable bonds is 5. The molecule has 3 amide bonds. The first-order valence-corrected chi connectivity index (χ1v) is 12.7. The first-order chi connectivity index (χ1) is 17.3. The lowest BCUT2D eigenvalue weighted by atomic mass is 9.89. The van der Waals surface area contributed by atoms with Crippen molar-refractivity contribution in [3.63, 3.8) is 0 Å². The Bertz CT molecular complexity index is 1020. The number of alkyl carbamates (subject to hydrolysis) is 1. The van der Waals surface area contributed by atoms with Gasteiger partial charge in [-0.1, -0.05) is 42.5 Å². The Kier molecular flexibility index (Phi) is 8.36. The number of urea groups is 1. The van der Waals surface area contributed by atoms with E-state index in [0.717, 1.165) is 17.7 Å². The molecule has 0 unspecified atom stereocenters. The van der Waals surface area contributed by atoms with Crippen LogP contribution in [0.3, 0.4) is 0 Å². The maximum atomic E-state index is 13.3. The average molecular weight is 496 g/mol. The minimum absolute atomic E-state index is 0.0443. The Morgan fingerprint density at radius 1 is 1.00 bits per heavy atom. The summed E-state index contributed by atoms with van der Waals surface area (Å²) >= 11 is 0. The minimum Gasteiger partial charge on any atom is -0.489 e. The lowest BCUT2D eigenvalue weighted by molar-refractivity contribution is 0.0303. The number of nitrogens with one attached hydrogen (secondary N) is 1. The smallest absolute Gasteiger partial charge is 0.407 e. The van der Waals surface area contributed by atoms with Crippen LogP contribution in [0.15, 0.2) is 54.6 Å². The molecule has 0 bridgehead atoms. The molecule has 8 nitrogen and oxygen atoms in total. The third-order valence-electron chi connectivity index (χ3n) is 6.27. The van der Waals surface area contributed by atoms with Gasteiger partial charge in [-0.2, -0.15) is 0 Å². The molecule has 0 spiro atoms. The highest BCUT2D eigenvalue weighted by atomic mass is 16.6. The summed E-state index contributed by atoms with van der Waals surface area (Å²) in [7, 11) is 0. The largest absolute Gasteiger partial charge is 0.489 e. The molecule has 2 fully saturated rings. The second-order valence-electron chi connectivity index (χ2n) is 10.4. The van der Waals surface area contributed by atoms with Crippen molar-refractivity contribution in [3.8, 4) is 5.75 Å². The summed E-state index contributed by atoms with van der Waals surface area (Å²) in [6.45, 7) is 9.42. The van der Waals surface area contributed by atoms with Gasteiger partial charge in [0, 0.05) is 32.1 Å². The minimum atomic E-state index is -0.546. The summed E-state index contributed by atoms with van der Waals surface area (Å²) in [6.07, 6.45) is 0.212. The van der Waals surface area contributed by atoms with E-state index in [1.54, 1.807) is 0 Å². The van der Waals surface area contributed by atoms with Gasteiger partial charge < -0.3 is 29.3 Å². The van der Waals surface area contributed by atoms with Crippen LogP contribution in [0.5, 0.6) is 5.75 Å². The summed E-state index contributed by atoms with van der Waals surface area (Å²) in [6, 6.07) is 18.1. The Morgan fingerprint density at radius 3 is 2.47 bits per heavy atom. The number of ether oxygens (including phenoxy) is 3. The fourth-order valence-corrected chi connectivity index (χ4v) is 4.63. The van der Waals surface area contributed by atoms with Crippen LogP contribution in [-0.2, 0) is 16.0 Å². The Balaban J connectivity index is 1.43. The summed E-state index contributed by atoms with van der Waals surface area (Å²) < 4.78 is 17.2. The highest BCUT2D eigenvalue weighted by molar-refractivity contribution is 5.75. The van der Waals surface area contributed by atoms with Crippen molar-refractivity contribution in [2.45, 2.75) is 51.4 Å². The topological polar surface area (TPSA) is 80.3 Å². The van der Waals surface area contributed by atoms with E-state index in [1.807, 2.05) is 73.0 Å². The van der Waals surface area contributed by atoms with Gasteiger partial charge in [-0.25, -0.2) is 9.59 Å². The lowest BCUT2D eigenvalue weighted by Gasteiger charge is -2.41. The van der Waals surface area contributed by atoms with Gasteiger partial charge in [0.2, 0.25) is 0 Å². The standard InChI is InChI=1S/C28H37N3O5/c1-28(2,3)36-26(32)29-18-21-8-7-11-24(16-21)35-25-17-23(22-9-5-4-6-10-22)19-31(20-25)27(33)30-12-14-34-15-13-30/h4-11,16,23,25H,12-15,17-20H2,1-3H3,(H,29,32)/t23-,25+/m1/s1. The average Bonchev–Trinajstić information content (AvgIpc) is 2.87. The van der Waals surface area contributed by atoms with Crippen molar-refractivity contribution in [1.29, 1.82) is 0 Å². The molecule has 1 N–H and O–H groups in total. The van der Waals surface area contributed by atoms with Crippen LogP contribution >= 0.6 is 0 Å². The number of nitrogens with zero attached hydrogens (tertiary/aromatic N) is 2. The van der Waals surface area contributed by atoms with Crippen molar-refractivity contribution in [1.82, 2.24) is 15.1 Å². The zero-order chi connectivity index (χ0) is 25.5. The quantitative estimate of drug-likeness (QED) is 0.665. The van der Waals surface area contributed by atoms with Crippen molar-refractivity contribution in [2.24, 2.45) is 0 Å². The van der Waals surface area contributed by atoms with E-state index >= 15 is 0 Å². The fourth-order valence-electron chi connectivity index (χ4n) is 4.63. The number of amides is 3. The summed E-state index contributed by atoms with van der Waals surface area (Å²) in [5, 5.41) is 2.79. The highest BCUT2D eigenvalue weighted by Crippen LogP contribution is 2.30. The first kappa shape index (κ1) is 25.8. The number of morpholine rings is 1. The molecule has 0 aliphatic carbocycles. The Morgan fingerprint density at radius 2 is 1.75 bits per heavy atom. The number of carbonyl (C=O) groups excluding carboxylic acids is 2. The molecule has 2 aromatic rings. The summed E-state index contributed by atoms with van der Waals surface area (Å²) in [4.78, 5) is 29.1. The van der Waals surface area contributed by atoms with Gasteiger partial charge in [0.05, 0.1) is 19.8 Å². The molecule has 36 heavy (non-hydrogen) atoms. The van der Waals surface area contributed by atoms with Gasteiger partial charge in [0.1, 0.15) is 17.5 Å². The molecule has 2 heterocycles. The predicted molar refractivity (Wildman–Crippen MR) is 137 cm³/mol. The second kappa shape index (κ2) is 11.6. The van der Waals surface area contributed by atoms with E-state index in [4.69, 9.17) is 14.2 Å². The SMILES string of the molecule is CC(C)(C)OC(=O)NCc1cccc(O[C@H]2C[C@@H](c3ccccc3)CN(C(=O)N3CCOCC3)C2)c1. The van der Waals surface area contributed by atoms with E-state index in [2.05, 4.69) is 17.4 Å².